The fourth-order valence-electron chi connectivity index (χ4n) is 1.08. The lowest BCUT2D eigenvalue weighted by Crippen LogP contribution is -2.05. The van der Waals surface area contributed by atoms with Gasteiger partial charge in [-0.15, -0.1) is 0 Å². The number of nitrogens with zero attached hydrogens (tertiary/aromatic N) is 1. The van der Waals surface area contributed by atoms with Crippen LogP contribution in [-0.2, 0) is 4.74 Å². The van der Waals surface area contributed by atoms with Gasteiger partial charge in [-0.2, -0.15) is 0 Å². The van der Waals surface area contributed by atoms with Gasteiger partial charge < -0.3 is 10.5 Å². The summed E-state index contributed by atoms with van der Waals surface area (Å²) in [7, 11) is 0. The number of pyridine rings is 1. The van der Waals surface area contributed by atoms with E-state index in [1.54, 1.807) is 25.3 Å². The minimum atomic E-state index is -0.354. The summed E-state index contributed by atoms with van der Waals surface area (Å²) in [6.45, 7) is 2.59. The molecule has 0 bridgehead atoms. The lowest BCUT2D eigenvalue weighted by Gasteiger charge is -2.01. The van der Waals surface area contributed by atoms with Crippen molar-refractivity contribution in [3.05, 3.63) is 35.7 Å². The maximum atomic E-state index is 11.4. The summed E-state index contributed by atoms with van der Waals surface area (Å²) in [5.74, 6) is -0.354. The van der Waals surface area contributed by atoms with Gasteiger partial charge in [0.1, 0.15) is 0 Å². The van der Waals surface area contributed by atoms with E-state index in [0.717, 1.165) is 5.56 Å². The van der Waals surface area contributed by atoms with Gasteiger partial charge in [0, 0.05) is 18.9 Å². The SMILES string of the molecule is CCOC(=O)c1cncc(C=CCN)c1. The molecule has 0 radical (unpaired) electrons. The normalized spacial score (nSPS) is 10.5. The minimum Gasteiger partial charge on any atom is -0.462 e. The first-order chi connectivity index (χ1) is 7.27. The number of aromatic nitrogens is 1. The molecule has 0 saturated heterocycles. The molecule has 0 saturated carbocycles. The molecule has 0 spiro atoms. The molecule has 0 fully saturated rings. The number of carbonyl (C=O) groups is 1. The van der Waals surface area contributed by atoms with Gasteiger partial charge in [-0.25, -0.2) is 4.79 Å². The van der Waals surface area contributed by atoms with Crippen LogP contribution >= 0.6 is 0 Å². The number of hydrogen-bond donors (Lipinski definition) is 1. The van der Waals surface area contributed by atoms with E-state index in [1.807, 2.05) is 6.08 Å². The summed E-state index contributed by atoms with van der Waals surface area (Å²) in [5.41, 5.74) is 6.62. The monoisotopic (exact) mass is 206 g/mol. The average molecular weight is 206 g/mol. The molecule has 0 unspecified atom stereocenters. The van der Waals surface area contributed by atoms with Gasteiger partial charge in [-0.05, 0) is 18.6 Å². The zero-order valence-electron chi connectivity index (χ0n) is 8.64. The Balaban J connectivity index is 2.82. The molecule has 1 rings (SSSR count). The predicted octanol–water partition coefficient (Wildman–Crippen LogP) is 1.23. The van der Waals surface area contributed by atoms with Gasteiger partial charge in [-0.1, -0.05) is 12.2 Å². The van der Waals surface area contributed by atoms with Crippen molar-refractivity contribution in [1.82, 2.24) is 4.98 Å². The van der Waals surface area contributed by atoms with Crippen LogP contribution in [0.2, 0.25) is 0 Å². The molecule has 0 atom stereocenters. The molecule has 0 amide bonds. The largest absolute Gasteiger partial charge is 0.462 e. The zero-order chi connectivity index (χ0) is 11.1. The zero-order valence-corrected chi connectivity index (χ0v) is 8.64. The second kappa shape index (κ2) is 5.93. The highest BCUT2D eigenvalue weighted by molar-refractivity contribution is 5.89. The summed E-state index contributed by atoms with van der Waals surface area (Å²) < 4.78 is 4.86. The molecule has 1 heterocycles. The van der Waals surface area contributed by atoms with Crippen molar-refractivity contribution < 1.29 is 9.53 Å². The Bertz CT molecular complexity index is 361. The topological polar surface area (TPSA) is 65.2 Å². The number of nitrogens with two attached hydrogens (primary N) is 1. The van der Waals surface area contributed by atoms with E-state index < -0.39 is 0 Å². The predicted molar refractivity (Wildman–Crippen MR) is 58.3 cm³/mol. The van der Waals surface area contributed by atoms with Crippen molar-refractivity contribution in [1.29, 1.82) is 0 Å². The lowest BCUT2D eigenvalue weighted by atomic mass is 10.2. The number of ether oxygens (including phenoxy) is 1. The van der Waals surface area contributed by atoms with Crippen LogP contribution in [0.25, 0.3) is 6.08 Å². The summed E-state index contributed by atoms with van der Waals surface area (Å²) in [6, 6.07) is 1.72. The third-order valence-corrected chi connectivity index (χ3v) is 1.72. The molecular weight excluding hydrogens is 192 g/mol. The Hall–Kier alpha value is -1.68. The summed E-state index contributed by atoms with van der Waals surface area (Å²) in [4.78, 5) is 15.3. The summed E-state index contributed by atoms with van der Waals surface area (Å²) in [5, 5.41) is 0. The minimum absolute atomic E-state index is 0.354. The second-order valence-corrected chi connectivity index (χ2v) is 2.87. The van der Waals surface area contributed by atoms with Crippen molar-refractivity contribution in [2.24, 2.45) is 5.73 Å². The van der Waals surface area contributed by atoms with Crippen LogP contribution in [0.4, 0.5) is 0 Å². The molecule has 0 aliphatic carbocycles. The van der Waals surface area contributed by atoms with E-state index in [9.17, 15) is 4.79 Å². The van der Waals surface area contributed by atoms with E-state index in [-0.39, 0.29) is 5.97 Å². The first kappa shape index (κ1) is 11.4. The standard InChI is InChI=1S/C11H14N2O2/c1-2-15-11(14)10-6-9(4-3-5-12)7-13-8-10/h3-4,6-8H,2,5,12H2,1H3. The fourth-order valence-corrected chi connectivity index (χ4v) is 1.08. The van der Waals surface area contributed by atoms with Gasteiger partial charge in [0.15, 0.2) is 0 Å². The van der Waals surface area contributed by atoms with Gasteiger partial charge in [0.25, 0.3) is 0 Å². The molecule has 2 N–H and O–H groups in total. The van der Waals surface area contributed by atoms with E-state index in [2.05, 4.69) is 4.98 Å². The maximum absolute atomic E-state index is 11.4. The first-order valence-electron chi connectivity index (χ1n) is 4.76. The molecule has 1 aromatic rings. The summed E-state index contributed by atoms with van der Waals surface area (Å²) in [6.07, 6.45) is 6.76. The van der Waals surface area contributed by atoms with Crippen LogP contribution in [0.1, 0.15) is 22.8 Å². The molecule has 4 nitrogen and oxygen atoms in total. The smallest absolute Gasteiger partial charge is 0.339 e. The molecule has 1 aromatic heterocycles. The maximum Gasteiger partial charge on any atom is 0.339 e. The van der Waals surface area contributed by atoms with Crippen molar-refractivity contribution in [3.63, 3.8) is 0 Å². The van der Waals surface area contributed by atoms with Crippen molar-refractivity contribution in [2.45, 2.75) is 6.92 Å². The first-order valence-corrected chi connectivity index (χ1v) is 4.76. The van der Waals surface area contributed by atoms with Crippen LogP contribution in [0.5, 0.6) is 0 Å². The molecule has 0 aromatic carbocycles. The average Bonchev–Trinajstić information content (AvgIpc) is 2.27. The van der Waals surface area contributed by atoms with Crippen LogP contribution in [0.15, 0.2) is 24.5 Å². The molecular formula is C11H14N2O2. The van der Waals surface area contributed by atoms with Gasteiger partial charge in [-0.3, -0.25) is 4.98 Å². The van der Waals surface area contributed by atoms with Crippen LogP contribution in [-0.4, -0.2) is 24.1 Å². The van der Waals surface area contributed by atoms with Crippen LogP contribution in [0, 0.1) is 0 Å². The van der Waals surface area contributed by atoms with E-state index in [1.165, 1.54) is 6.20 Å². The van der Waals surface area contributed by atoms with Crippen LogP contribution in [0.3, 0.4) is 0 Å². The highest BCUT2D eigenvalue weighted by Crippen LogP contribution is 2.06. The fraction of sp³-hybridized carbons (Fsp3) is 0.273. The number of rotatable bonds is 4. The molecule has 0 aliphatic heterocycles. The number of esters is 1. The van der Waals surface area contributed by atoms with E-state index in [0.29, 0.717) is 18.7 Å². The van der Waals surface area contributed by atoms with E-state index >= 15 is 0 Å². The highest BCUT2D eigenvalue weighted by atomic mass is 16.5. The molecule has 4 heteroatoms. The van der Waals surface area contributed by atoms with Crippen molar-refractivity contribution in [2.75, 3.05) is 13.2 Å². The van der Waals surface area contributed by atoms with Crippen molar-refractivity contribution in [3.8, 4) is 0 Å². The Morgan fingerprint density at radius 2 is 2.40 bits per heavy atom. The van der Waals surface area contributed by atoms with E-state index in [4.69, 9.17) is 10.5 Å². The highest BCUT2D eigenvalue weighted by Gasteiger charge is 2.06. The van der Waals surface area contributed by atoms with Crippen LogP contribution < -0.4 is 5.73 Å². The third-order valence-electron chi connectivity index (χ3n) is 1.72. The Morgan fingerprint density at radius 1 is 1.60 bits per heavy atom. The second-order valence-electron chi connectivity index (χ2n) is 2.87. The molecule has 15 heavy (non-hydrogen) atoms. The van der Waals surface area contributed by atoms with Gasteiger partial charge in [0.2, 0.25) is 0 Å². The lowest BCUT2D eigenvalue weighted by molar-refractivity contribution is 0.0526. The number of hydrogen-bond acceptors (Lipinski definition) is 4. The number of carbonyl (C=O) groups excluding carboxylic acids is 1. The quantitative estimate of drug-likeness (QED) is 0.752. The molecule has 0 aliphatic rings. The Kier molecular flexibility index (Phi) is 4.50. The van der Waals surface area contributed by atoms with Gasteiger partial charge >= 0.3 is 5.97 Å². The Morgan fingerprint density at radius 3 is 3.07 bits per heavy atom. The Labute approximate surface area is 88.8 Å². The van der Waals surface area contributed by atoms with Crippen molar-refractivity contribution >= 4 is 12.0 Å². The summed E-state index contributed by atoms with van der Waals surface area (Å²) >= 11 is 0. The third kappa shape index (κ3) is 3.52. The van der Waals surface area contributed by atoms with Gasteiger partial charge in [0.05, 0.1) is 12.2 Å². The molecule has 80 valence electrons.